The number of aryl methyl sites for hydroxylation is 1. The average molecular weight is 822 g/mol. The van der Waals surface area contributed by atoms with E-state index in [-0.39, 0.29) is 0 Å². The van der Waals surface area contributed by atoms with Crippen LogP contribution in [0.4, 0.5) is 0 Å². The monoisotopic (exact) mass is 821 g/mol. The standard InChI is InChI=1S/C59H112/c1-8-15-19-22-25-28-30-33-36-40-48-55(57(50-37-18-11-4)59-52-51-54(42-12-5)56(43-13-6)58(59)44-14-7)49-41-47-53(45-38-34-31-27-24-21-17-10-3)46-39-35-32-29-26-23-20-16-9-2/h51-53,55,57H,8-50H2,1-7H3. The van der Waals surface area contributed by atoms with E-state index in [1.165, 1.54) is 276 Å². The van der Waals surface area contributed by atoms with Crippen LogP contribution in [0.25, 0.3) is 0 Å². The van der Waals surface area contributed by atoms with E-state index in [9.17, 15) is 0 Å². The third-order valence-electron chi connectivity index (χ3n) is 14.5. The second-order valence-electron chi connectivity index (χ2n) is 20.0. The summed E-state index contributed by atoms with van der Waals surface area (Å²) in [5.41, 5.74) is 7.08. The third kappa shape index (κ3) is 29.3. The van der Waals surface area contributed by atoms with Gasteiger partial charge < -0.3 is 0 Å². The zero-order valence-electron chi connectivity index (χ0n) is 42.3. The van der Waals surface area contributed by atoms with Crippen molar-refractivity contribution in [1.82, 2.24) is 0 Å². The van der Waals surface area contributed by atoms with Crippen LogP contribution < -0.4 is 0 Å². The van der Waals surface area contributed by atoms with Crippen LogP contribution in [0.1, 0.15) is 333 Å². The van der Waals surface area contributed by atoms with Gasteiger partial charge in [-0.2, -0.15) is 0 Å². The summed E-state index contributed by atoms with van der Waals surface area (Å²) < 4.78 is 0. The van der Waals surface area contributed by atoms with Crippen molar-refractivity contribution in [3.05, 3.63) is 34.4 Å². The number of hydrogen-bond donors (Lipinski definition) is 0. The first-order chi connectivity index (χ1) is 29.1. The van der Waals surface area contributed by atoms with Crippen molar-refractivity contribution < 1.29 is 0 Å². The highest BCUT2D eigenvalue weighted by Gasteiger charge is 2.27. The summed E-state index contributed by atoms with van der Waals surface area (Å²) >= 11 is 0. The van der Waals surface area contributed by atoms with Crippen LogP contribution in [0.5, 0.6) is 0 Å². The van der Waals surface area contributed by atoms with E-state index in [2.05, 4.69) is 60.6 Å². The molecule has 0 aliphatic carbocycles. The Hall–Kier alpha value is -0.780. The molecule has 0 heterocycles. The van der Waals surface area contributed by atoms with Crippen molar-refractivity contribution in [1.29, 1.82) is 0 Å². The average Bonchev–Trinajstić information content (AvgIpc) is 3.24. The van der Waals surface area contributed by atoms with Gasteiger partial charge in [0.1, 0.15) is 0 Å². The quantitative estimate of drug-likeness (QED) is 0.0575. The lowest BCUT2D eigenvalue weighted by Gasteiger charge is -2.32. The fraction of sp³-hybridized carbons (Fsp3) is 0.898. The largest absolute Gasteiger partial charge is 0.0654 e. The maximum atomic E-state index is 2.70. The SMILES string of the molecule is CCCCCCCCCCCCC(CCCC(CCCCCCCCCC)CCCCCCCCCCC)C(CCCCC)c1ccc(CCC)c(CCC)c1CCC. The first-order valence-corrected chi connectivity index (χ1v) is 28.2. The topological polar surface area (TPSA) is 0 Å². The van der Waals surface area contributed by atoms with Gasteiger partial charge in [0.2, 0.25) is 0 Å². The summed E-state index contributed by atoms with van der Waals surface area (Å²) in [5, 5.41) is 0. The van der Waals surface area contributed by atoms with Gasteiger partial charge in [-0.1, -0.05) is 298 Å². The molecule has 1 aromatic carbocycles. The highest BCUT2D eigenvalue weighted by molar-refractivity contribution is 5.44. The van der Waals surface area contributed by atoms with Crippen molar-refractivity contribution in [2.75, 3.05) is 0 Å². The first kappa shape index (κ1) is 56.2. The Morgan fingerprint density at radius 2 is 0.627 bits per heavy atom. The highest BCUT2D eigenvalue weighted by Crippen LogP contribution is 2.41. The molecule has 3 unspecified atom stereocenters. The Morgan fingerprint density at radius 3 is 1.07 bits per heavy atom. The van der Waals surface area contributed by atoms with Gasteiger partial charge in [0.05, 0.1) is 0 Å². The fourth-order valence-electron chi connectivity index (χ4n) is 10.8. The molecule has 0 aliphatic rings. The number of unbranched alkanes of at least 4 members (excludes halogenated alkanes) is 26. The molecule has 0 N–H and O–H groups in total. The van der Waals surface area contributed by atoms with Gasteiger partial charge in [0.25, 0.3) is 0 Å². The predicted octanol–water partition coefficient (Wildman–Crippen LogP) is 21.4. The molecule has 1 aromatic rings. The third-order valence-corrected chi connectivity index (χ3v) is 14.5. The smallest absolute Gasteiger partial charge is 0.0131 e. The molecule has 0 bridgehead atoms. The van der Waals surface area contributed by atoms with Crippen LogP contribution in [0.2, 0.25) is 0 Å². The van der Waals surface area contributed by atoms with Gasteiger partial charge >= 0.3 is 0 Å². The molecule has 0 nitrogen and oxygen atoms in total. The van der Waals surface area contributed by atoms with Gasteiger partial charge in [0.15, 0.2) is 0 Å². The molecule has 0 heteroatoms. The van der Waals surface area contributed by atoms with Crippen LogP contribution in [0.3, 0.4) is 0 Å². The van der Waals surface area contributed by atoms with E-state index in [0.717, 1.165) is 17.8 Å². The summed E-state index contributed by atoms with van der Waals surface area (Å²) in [5.74, 6) is 2.59. The van der Waals surface area contributed by atoms with Crippen LogP contribution in [0, 0.1) is 11.8 Å². The van der Waals surface area contributed by atoms with E-state index in [4.69, 9.17) is 0 Å². The summed E-state index contributed by atoms with van der Waals surface area (Å²) in [4.78, 5) is 0. The molecule has 348 valence electrons. The molecule has 0 radical (unpaired) electrons. The molecule has 0 aliphatic heterocycles. The number of hydrogen-bond acceptors (Lipinski definition) is 0. The second kappa shape index (κ2) is 42.5. The molecule has 0 fully saturated rings. The minimum atomic E-state index is 0.761. The summed E-state index contributed by atoms with van der Waals surface area (Å²) in [7, 11) is 0. The van der Waals surface area contributed by atoms with E-state index in [1.54, 1.807) is 11.1 Å². The molecular formula is C59H112. The van der Waals surface area contributed by atoms with Gasteiger partial charge in [-0.25, -0.2) is 0 Å². The molecule has 59 heavy (non-hydrogen) atoms. The van der Waals surface area contributed by atoms with Crippen molar-refractivity contribution in [2.24, 2.45) is 11.8 Å². The lowest BCUT2D eigenvalue weighted by atomic mass is 9.73. The highest BCUT2D eigenvalue weighted by atomic mass is 14.3. The van der Waals surface area contributed by atoms with Gasteiger partial charge in [-0.05, 0) is 78.5 Å². The minimum Gasteiger partial charge on any atom is -0.0654 e. The van der Waals surface area contributed by atoms with E-state index >= 15 is 0 Å². The summed E-state index contributed by atoms with van der Waals surface area (Å²) in [6.45, 7) is 16.7. The molecular weight excluding hydrogens is 709 g/mol. The van der Waals surface area contributed by atoms with Gasteiger partial charge in [-0.3, -0.25) is 0 Å². The Labute approximate surface area is 375 Å². The van der Waals surface area contributed by atoms with Crippen LogP contribution >= 0.6 is 0 Å². The van der Waals surface area contributed by atoms with Crippen molar-refractivity contribution in [3.8, 4) is 0 Å². The first-order valence-electron chi connectivity index (χ1n) is 28.2. The predicted molar refractivity (Wildman–Crippen MR) is 272 cm³/mol. The fourth-order valence-corrected chi connectivity index (χ4v) is 10.8. The van der Waals surface area contributed by atoms with Crippen molar-refractivity contribution in [3.63, 3.8) is 0 Å². The van der Waals surface area contributed by atoms with Gasteiger partial charge in [-0.15, -0.1) is 0 Å². The van der Waals surface area contributed by atoms with Crippen molar-refractivity contribution >= 4 is 0 Å². The molecule has 0 aromatic heterocycles. The zero-order chi connectivity index (χ0) is 42.9. The number of rotatable bonds is 46. The Balaban J connectivity index is 3.17. The molecule has 1 rings (SSSR count). The van der Waals surface area contributed by atoms with E-state index in [0.29, 0.717) is 0 Å². The van der Waals surface area contributed by atoms with Crippen LogP contribution in [0.15, 0.2) is 12.1 Å². The molecule has 0 saturated heterocycles. The van der Waals surface area contributed by atoms with E-state index < -0.39 is 0 Å². The second-order valence-corrected chi connectivity index (χ2v) is 20.0. The van der Waals surface area contributed by atoms with Crippen LogP contribution in [-0.2, 0) is 19.3 Å². The molecule has 3 atom stereocenters. The maximum Gasteiger partial charge on any atom is -0.0131 e. The Bertz CT molecular complexity index is 988. The molecule has 0 amide bonds. The summed E-state index contributed by atoms with van der Waals surface area (Å²) in [6.07, 6.45) is 61.5. The number of benzene rings is 1. The zero-order valence-corrected chi connectivity index (χ0v) is 42.3. The maximum absolute atomic E-state index is 2.70. The van der Waals surface area contributed by atoms with Crippen molar-refractivity contribution in [2.45, 2.75) is 330 Å². The summed E-state index contributed by atoms with van der Waals surface area (Å²) in [6, 6.07) is 5.32. The van der Waals surface area contributed by atoms with Gasteiger partial charge in [0, 0.05) is 0 Å². The van der Waals surface area contributed by atoms with Crippen LogP contribution in [-0.4, -0.2) is 0 Å². The lowest BCUT2D eigenvalue weighted by molar-refractivity contribution is 0.299. The Kier molecular flexibility index (Phi) is 40.5. The molecule has 0 spiro atoms. The molecule has 0 saturated carbocycles. The Morgan fingerprint density at radius 1 is 0.288 bits per heavy atom. The lowest BCUT2D eigenvalue weighted by Crippen LogP contribution is -2.18. The van der Waals surface area contributed by atoms with E-state index in [1.807, 2.05) is 11.1 Å². The normalized spacial score (nSPS) is 13.3. The minimum absolute atomic E-state index is 0.761.